The van der Waals surface area contributed by atoms with Gasteiger partial charge in [-0.05, 0) is 31.2 Å². The first-order valence-corrected chi connectivity index (χ1v) is 5.35. The van der Waals surface area contributed by atoms with Crippen molar-refractivity contribution < 1.29 is 9.53 Å². The van der Waals surface area contributed by atoms with Gasteiger partial charge < -0.3 is 4.74 Å². The summed E-state index contributed by atoms with van der Waals surface area (Å²) in [7, 11) is 0. The standard InChI is InChI=1S/C11H11Cl2NO2/c1-8(12)5-6-16-11(15)14-10-4-2-3-9(13)7-10/h2-5,7H,6H2,1H3,(H,14,15)/b8-5-. The third kappa shape index (κ3) is 5.05. The minimum absolute atomic E-state index is 0.141. The maximum atomic E-state index is 11.3. The van der Waals surface area contributed by atoms with E-state index in [1.807, 2.05) is 0 Å². The minimum atomic E-state index is -0.545. The van der Waals surface area contributed by atoms with Crippen LogP contribution in [-0.2, 0) is 4.74 Å². The molecule has 0 fully saturated rings. The number of rotatable bonds is 3. The Bertz CT molecular complexity index is 401. The zero-order valence-corrected chi connectivity index (χ0v) is 10.2. The van der Waals surface area contributed by atoms with E-state index in [1.165, 1.54) is 0 Å². The average molecular weight is 260 g/mol. The highest BCUT2D eigenvalue weighted by molar-refractivity contribution is 6.30. The van der Waals surface area contributed by atoms with E-state index in [4.69, 9.17) is 27.9 Å². The normalized spacial score (nSPS) is 11.1. The highest BCUT2D eigenvalue weighted by Crippen LogP contribution is 2.14. The van der Waals surface area contributed by atoms with Gasteiger partial charge in [-0.15, -0.1) is 0 Å². The monoisotopic (exact) mass is 259 g/mol. The summed E-state index contributed by atoms with van der Waals surface area (Å²) in [6, 6.07) is 6.81. The summed E-state index contributed by atoms with van der Waals surface area (Å²) in [6.45, 7) is 1.85. The first-order chi connectivity index (χ1) is 7.58. The van der Waals surface area contributed by atoms with E-state index in [0.29, 0.717) is 15.7 Å². The molecule has 0 radical (unpaired) electrons. The number of carbonyl (C=O) groups is 1. The van der Waals surface area contributed by atoms with Gasteiger partial charge in [0.05, 0.1) is 0 Å². The van der Waals surface area contributed by atoms with Crippen molar-refractivity contribution in [2.24, 2.45) is 0 Å². The Labute approximate surface area is 104 Å². The van der Waals surface area contributed by atoms with Crippen molar-refractivity contribution in [1.82, 2.24) is 0 Å². The molecule has 0 aliphatic heterocycles. The van der Waals surface area contributed by atoms with Crippen LogP contribution in [0.5, 0.6) is 0 Å². The number of halogens is 2. The van der Waals surface area contributed by atoms with Gasteiger partial charge in [-0.3, -0.25) is 5.32 Å². The summed E-state index contributed by atoms with van der Waals surface area (Å²) in [5.74, 6) is 0. The first kappa shape index (κ1) is 12.9. The van der Waals surface area contributed by atoms with Gasteiger partial charge >= 0.3 is 6.09 Å². The topological polar surface area (TPSA) is 38.3 Å². The van der Waals surface area contributed by atoms with Crippen molar-refractivity contribution in [3.63, 3.8) is 0 Å². The van der Waals surface area contributed by atoms with Crippen molar-refractivity contribution in [2.45, 2.75) is 6.92 Å². The Balaban J connectivity index is 2.43. The summed E-state index contributed by atoms with van der Waals surface area (Å²) < 4.78 is 4.84. The highest BCUT2D eigenvalue weighted by atomic mass is 35.5. The first-order valence-electron chi connectivity index (χ1n) is 4.59. The Morgan fingerprint density at radius 2 is 2.31 bits per heavy atom. The van der Waals surface area contributed by atoms with Gasteiger partial charge in [-0.2, -0.15) is 0 Å². The summed E-state index contributed by atoms with van der Waals surface area (Å²) in [6.07, 6.45) is 1.05. The van der Waals surface area contributed by atoms with Crippen molar-refractivity contribution in [3.05, 3.63) is 40.4 Å². The highest BCUT2D eigenvalue weighted by Gasteiger charge is 2.01. The molecule has 5 heteroatoms. The molecular formula is C11H11Cl2NO2. The molecule has 1 rings (SSSR count). The summed E-state index contributed by atoms with van der Waals surface area (Å²) >= 11 is 11.3. The van der Waals surface area contributed by atoms with Crippen LogP contribution >= 0.6 is 23.2 Å². The molecule has 0 atom stereocenters. The number of allylic oxidation sites excluding steroid dienone is 1. The van der Waals surface area contributed by atoms with Crippen molar-refractivity contribution in [2.75, 3.05) is 11.9 Å². The smallest absolute Gasteiger partial charge is 0.411 e. The number of hydrogen-bond acceptors (Lipinski definition) is 2. The van der Waals surface area contributed by atoms with Crippen LogP contribution in [-0.4, -0.2) is 12.7 Å². The average Bonchev–Trinajstić information content (AvgIpc) is 2.16. The molecule has 16 heavy (non-hydrogen) atoms. The molecule has 0 heterocycles. The Morgan fingerprint density at radius 3 is 2.94 bits per heavy atom. The molecule has 0 saturated carbocycles. The zero-order chi connectivity index (χ0) is 12.0. The van der Waals surface area contributed by atoms with Crippen LogP contribution in [0.15, 0.2) is 35.4 Å². The fourth-order valence-corrected chi connectivity index (χ4v) is 1.21. The number of ether oxygens (including phenoxy) is 1. The van der Waals surface area contributed by atoms with Gasteiger partial charge in [0.1, 0.15) is 6.61 Å². The Kier molecular flexibility index (Phi) is 5.15. The fraction of sp³-hybridized carbons (Fsp3) is 0.182. The molecule has 1 amide bonds. The van der Waals surface area contributed by atoms with Crippen LogP contribution in [0, 0.1) is 0 Å². The number of carbonyl (C=O) groups excluding carboxylic acids is 1. The molecule has 0 aliphatic rings. The van der Waals surface area contributed by atoms with E-state index in [0.717, 1.165) is 0 Å². The lowest BCUT2D eigenvalue weighted by Gasteiger charge is -2.05. The number of nitrogens with one attached hydrogen (secondary N) is 1. The lowest BCUT2D eigenvalue weighted by Crippen LogP contribution is -2.13. The van der Waals surface area contributed by atoms with Crippen molar-refractivity contribution in [3.8, 4) is 0 Å². The number of anilines is 1. The van der Waals surface area contributed by atoms with E-state index in [2.05, 4.69) is 5.32 Å². The maximum Gasteiger partial charge on any atom is 0.411 e. The van der Waals surface area contributed by atoms with E-state index in [9.17, 15) is 4.79 Å². The number of hydrogen-bond donors (Lipinski definition) is 1. The second-order valence-electron chi connectivity index (χ2n) is 3.02. The summed E-state index contributed by atoms with van der Waals surface area (Å²) in [5, 5.41) is 3.67. The van der Waals surface area contributed by atoms with E-state index >= 15 is 0 Å². The number of benzene rings is 1. The van der Waals surface area contributed by atoms with Gasteiger partial charge in [-0.1, -0.05) is 29.3 Å². The molecule has 0 saturated heterocycles. The molecular weight excluding hydrogens is 249 g/mol. The van der Waals surface area contributed by atoms with Crippen molar-refractivity contribution in [1.29, 1.82) is 0 Å². The molecule has 0 bridgehead atoms. The van der Waals surface area contributed by atoms with Gasteiger partial charge in [0.2, 0.25) is 0 Å². The van der Waals surface area contributed by atoms with Crippen LogP contribution in [0.4, 0.5) is 10.5 Å². The Hall–Kier alpha value is -1.19. The van der Waals surface area contributed by atoms with Crippen LogP contribution in [0.3, 0.4) is 0 Å². The minimum Gasteiger partial charge on any atom is -0.445 e. The molecule has 1 N–H and O–H groups in total. The van der Waals surface area contributed by atoms with Crippen molar-refractivity contribution >= 4 is 35.0 Å². The third-order valence-corrected chi connectivity index (χ3v) is 2.04. The fourth-order valence-electron chi connectivity index (χ4n) is 0.952. The third-order valence-electron chi connectivity index (χ3n) is 1.65. The lowest BCUT2D eigenvalue weighted by atomic mass is 10.3. The van der Waals surface area contributed by atoms with E-state index < -0.39 is 6.09 Å². The quantitative estimate of drug-likeness (QED) is 0.890. The molecule has 0 aliphatic carbocycles. The SMILES string of the molecule is C/C(Cl)=C/COC(=O)Nc1cccc(Cl)c1. The predicted octanol–water partition coefficient (Wildman–Crippen LogP) is 4.03. The molecule has 0 aromatic heterocycles. The zero-order valence-electron chi connectivity index (χ0n) is 8.67. The second kappa shape index (κ2) is 6.40. The van der Waals surface area contributed by atoms with Crippen LogP contribution in [0.2, 0.25) is 5.02 Å². The molecule has 1 aromatic rings. The van der Waals surface area contributed by atoms with Gasteiger partial charge in [0.15, 0.2) is 0 Å². The molecule has 0 spiro atoms. The summed E-state index contributed by atoms with van der Waals surface area (Å²) in [5.41, 5.74) is 0.587. The van der Waals surface area contributed by atoms with E-state index in [-0.39, 0.29) is 6.61 Å². The predicted molar refractivity (Wildman–Crippen MR) is 66.0 cm³/mol. The molecule has 0 unspecified atom stereocenters. The van der Waals surface area contributed by atoms with Gasteiger partial charge in [0.25, 0.3) is 0 Å². The lowest BCUT2D eigenvalue weighted by molar-refractivity contribution is 0.174. The van der Waals surface area contributed by atoms with Gasteiger partial charge in [0, 0.05) is 15.7 Å². The summed E-state index contributed by atoms with van der Waals surface area (Å²) in [4.78, 5) is 11.3. The van der Waals surface area contributed by atoms with Crippen LogP contribution < -0.4 is 5.32 Å². The Morgan fingerprint density at radius 1 is 1.56 bits per heavy atom. The van der Waals surface area contributed by atoms with Crippen LogP contribution in [0.25, 0.3) is 0 Å². The van der Waals surface area contributed by atoms with Gasteiger partial charge in [-0.25, -0.2) is 4.79 Å². The molecule has 1 aromatic carbocycles. The molecule has 3 nitrogen and oxygen atoms in total. The molecule has 86 valence electrons. The number of amides is 1. The van der Waals surface area contributed by atoms with E-state index in [1.54, 1.807) is 37.3 Å². The second-order valence-corrected chi connectivity index (χ2v) is 4.06. The maximum absolute atomic E-state index is 11.3. The largest absolute Gasteiger partial charge is 0.445 e. The van der Waals surface area contributed by atoms with Crippen LogP contribution in [0.1, 0.15) is 6.92 Å².